The molecule has 22 heavy (non-hydrogen) atoms. The van der Waals surface area contributed by atoms with Crippen LogP contribution in [0, 0.1) is 0 Å². The number of ether oxygens (including phenoxy) is 1. The van der Waals surface area contributed by atoms with E-state index in [9.17, 15) is 9.59 Å². The minimum atomic E-state index is -0.359. The van der Waals surface area contributed by atoms with Crippen LogP contribution < -0.4 is 0 Å². The molecule has 0 heterocycles. The van der Waals surface area contributed by atoms with Crippen molar-refractivity contribution in [2.45, 2.75) is 11.8 Å². The standard InChI is InChI=1S/C13H10OS.C5H8O2/c14-13(10-4-2-1-3-5-10)11-6-8-12(15)9-7-11;1-3-5(6)7-4-2/h1-9,15H;3H,1,4H2,2H3. The Bertz CT molecular complexity index is 619. The molecule has 0 aromatic heterocycles. The number of benzene rings is 2. The molecule has 0 spiro atoms. The van der Waals surface area contributed by atoms with Crippen molar-refractivity contribution in [2.24, 2.45) is 0 Å². The average Bonchev–Trinajstić information content (AvgIpc) is 2.56. The highest BCUT2D eigenvalue weighted by Gasteiger charge is 2.06. The zero-order valence-electron chi connectivity index (χ0n) is 12.4. The van der Waals surface area contributed by atoms with E-state index >= 15 is 0 Å². The van der Waals surface area contributed by atoms with Crippen molar-refractivity contribution in [3.05, 3.63) is 78.4 Å². The Hall–Kier alpha value is -2.33. The molecule has 0 aliphatic carbocycles. The van der Waals surface area contributed by atoms with E-state index in [1.54, 1.807) is 19.1 Å². The van der Waals surface area contributed by atoms with Gasteiger partial charge in [0.15, 0.2) is 5.78 Å². The zero-order valence-corrected chi connectivity index (χ0v) is 13.3. The average molecular weight is 314 g/mol. The van der Waals surface area contributed by atoms with Gasteiger partial charge in [0.1, 0.15) is 0 Å². The third-order valence-electron chi connectivity index (χ3n) is 2.62. The Morgan fingerprint density at radius 3 is 2.05 bits per heavy atom. The first kappa shape index (κ1) is 17.7. The predicted molar refractivity (Wildman–Crippen MR) is 90.4 cm³/mol. The van der Waals surface area contributed by atoms with Crippen LogP contribution in [0.4, 0.5) is 0 Å². The van der Waals surface area contributed by atoms with E-state index in [1.807, 2.05) is 42.5 Å². The summed E-state index contributed by atoms with van der Waals surface area (Å²) in [7, 11) is 0. The fourth-order valence-corrected chi connectivity index (χ4v) is 1.72. The second-order valence-electron chi connectivity index (χ2n) is 4.20. The van der Waals surface area contributed by atoms with Crippen LogP contribution >= 0.6 is 12.6 Å². The highest BCUT2D eigenvalue weighted by molar-refractivity contribution is 7.80. The van der Waals surface area contributed by atoms with Gasteiger partial charge in [-0.25, -0.2) is 4.79 Å². The maximum Gasteiger partial charge on any atom is 0.330 e. The SMILES string of the molecule is C=CC(=O)OCC.O=C(c1ccccc1)c1ccc(S)cc1. The first-order valence-corrected chi connectivity index (χ1v) is 7.21. The molecule has 0 radical (unpaired) electrons. The van der Waals surface area contributed by atoms with E-state index < -0.39 is 0 Å². The van der Waals surface area contributed by atoms with Gasteiger partial charge in [-0.15, -0.1) is 12.6 Å². The molecular weight excluding hydrogens is 296 g/mol. The number of rotatable bonds is 4. The molecule has 2 rings (SSSR count). The molecule has 0 saturated heterocycles. The van der Waals surface area contributed by atoms with Crippen molar-refractivity contribution in [2.75, 3.05) is 6.61 Å². The topological polar surface area (TPSA) is 43.4 Å². The number of hydrogen-bond donors (Lipinski definition) is 1. The van der Waals surface area contributed by atoms with Crippen molar-refractivity contribution in [1.82, 2.24) is 0 Å². The van der Waals surface area contributed by atoms with Gasteiger partial charge >= 0.3 is 5.97 Å². The van der Waals surface area contributed by atoms with E-state index in [2.05, 4.69) is 23.9 Å². The normalized spacial score (nSPS) is 9.18. The third kappa shape index (κ3) is 5.97. The van der Waals surface area contributed by atoms with Gasteiger partial charge in [-0.1, -0.05) is 36.9 Å². The lowest BCUT2D eigenvalue weighted by atomic mass is 10.0. The molecule has 4 heteroatoms. The maximum absolute atomic E-state index is 11.9. The summed E-state index contributed by atoms with van der Waals surface area (Å²) in [6.07, 6.45) is 1.14. The quantitative estimate of drug-likeness (QED) is 0.402. The number of ketones is 1. The van der Waals surface area contributed by atoms with Gasteiger partial charge in [0.2, 0.25) is 0 Å². The zero-order chi connectivity index (χ0) is 16.4. The van der Waals surface area contributed by atoms with Crippen LogP contribution in [0.1, 0.15) is 22.8 Å². The largest absolute Gasteiger partial charge is 0.463 e. The van der Waals surface area contributed by atoms with Crippen LogP contribution in [0.2, 0.25) is 0 Å². The molecule has 0 saturated carbocycles. The van der Waals surface area contributed by atoms with Crippen molar-refractivity contribution in [3.63, 3.8) is 0 Å². The summed E-state index contributed by atoms with van der Waals surface area (Å²) in [6.45, 7) is 5.38. The van der Waals surface area contributed by atoms with Crippen LogP contribution in [0.15, 0.2) is 72.1 Å². The van der Waals surface area contributed by atoms with Crippen LogP contribution in [-0.2, 0) is 9.53 Å². The molecule has 0 unspecified atom stereocenters. The van der Waals surface area contributed by atoms with Crippen molar-refractivity contribution >= 4 is 24.4 Å². The molecule has 0 fully saturated rings. The fraction of sp³-hybridized carbons (Fsp3) is 0.111. The lowest BCUT2D eigenvalue weighted by Crippen LogP contribution is -2.00. The highest BCUT2D eigenvalue weighted by atomic mass is 32.1. The Labute approximate surface area is 136 Å². The predicted octanol–water partition coefficient (Wildman–Crippen LogP) is 3.94. The third-order valence-corrected chi connectivity index (χ3v) is 2.92. The molecule has 2 aromatic carbocycles. The number of esters is 1. The molecule has 0 N–H and O–H groups in total. The first-order chi connectivity index (χ1) is 10.6. The van der Waals surface area contributed by atoms with Gasteiger partial charge < -0.3 is 4.74 Å². The molecular formula is C18H18O3S. The Morgan fingerprint density at radius 2 is 1.59 bits per heavy atom. The lowest BCUT2D eigenvalue weighted by molar-refractivity contribution is -0.137. The second kappa shape index (κ2) is 9.58. The molecule has 0 amide bonds. The molecule has 114 valence electrons. The summed E-state index contributed by atoms with van der Waals surface area (Å²) in [5.41, 5.74) is 1.41. The van der Waals surface area contributed by atoms with Gasteiger partial charge in [-0.2, -0.15) is 0 Å². The van der Waals surface area contributed by atoms with Crippen LogP contribution in [0.25, 0.3) is 0 Å². The summed E-state index contributed by atoms with van der Waals surface area (Å²) >= 11 is 4.18. The van der Waals surface area contributed by atoms with E-state index in [0.29, 0.717) is 17.7 Å². The Balaban J connectivity index is 0.000000295. The highest BCUT2D eigenvalue weighted by Crippen LogP contribution is 2.12. The van der Waals surface area contributed by atoms with Crippen molar-refractivity contribution in [1.29, 1.82) is 0 Å². The van der Waals surface area contributed by atoms with Crippen LogP contribution in [0.5, 0.6) is 0 Å². The van der Waals surface area contributed by atoms with Crippen LogP contribution in [-0.4, -0.2) is 18.4 Å². The number of carbonyl (C=O) groups excluding carboxylic acids is 2. The van der Waals surface area contributed by atoms with Gasteiger partial charge in [0, 0.05) is 22.1 Å². The Morgan fingerprint density at radius 1 is 1.05 bits per heavy atom. The lowest BCUT2D eigenvalue weighted by Gasteiger charge is -2.00. The first-order valence-electron chi connectivity index (χ1n) is 6.76. The molecule has 0 aliphatic rings. The summed E-state index contributed by atoms with van der Waals surface area (Å²) in [6, 6.07) is 16.5. The Kier molecular flexibility index (Phi) is 7.72. The summed E-state index contributed by atoms with van der Waals surface area (Å²) < 4.78 is 4.43. The minimum absolute atomic E-state index is 0.0453. The molecule has 2 aromatic rings. The van der Waals surface area contributed by atoms with Crippen molar-refractivity contribution < 1.29 is 14.3 Å². The van der Waals surface area contributed by atoms with Crippen molar-refractivity contribution in [3.8, 4) is 0 Å². The van der Waals surface area contributed by atoms with E-state index in [1.165, 1.54) is 0 Å². The number of thiol groups is 1. The maximum atomic E-state index is 11.9. The van der Waals surface area contributed by atoms with E-state index in [-0.39, 0.29) is 11.8 Å². The second-order valence-corrected chi connectivity index (χ2v) is 4.71. The van der Waals surface area contributed by atoms with Gasteiger partial charge in [-0.3, -0.25) is 4.79 Å². The van der Waals surface area contributed by atoms with E-state index in [0.717, 1.165) is 11.0 Å². The van der Waals surface area contributed by atoms with E-state index in [4.69, 9.17) is 0 Å². The van der Waals surface area contributed by atoms with Crippen LogP contribution in [0.3, 0.4) is 0 Å². The summed E-state index contributed by atoms with van der Waals surface area (Å²) in [4.78, 5) is 22.9. The smallest absolute Gasteiger partial charge is 0.330 e. The molecule has 0 aliphatic heterocycles. The van der Waals surface area contributed by atoms with Gasteiger partial charge in [0.25, 0.3) is 0 Å². The number of hydrogen-bond acceptors (Lipinski definition) is 4. The van der Waals surface area contributed by atoms with Gasteiger partial charge in [0.05, 0.1) is 6.61 Å². The fourth-order valence-electron chi connectivity index (χ4n) is 1.57. The van der Waals surface area contributed by atoms with Gasteiger partial charge in [-0.05, 0) is 31.2 Å². The monoisotopic (exact) mass is 314 g/mol. The minimum Gasteiger partial charge on any atom is -0.463 e. The molecule has 0 atom stereocenters. The molecule has 3 nitrogen and oxygen atoms in total. The molecule has 0 bridgehead atoms. The summed E-state index contributed by atoms with van der Waals surface area (Å²) in [5.74, 6) is -0.313. The summed E-state index contributed by atoms with van der Waals surface area (Å²) in [5, 5.41) is 0. The number of carbonyl (C=O) groups is 2.